The second-order valence-electron chi connectivity index (χ2n) is 4.40. The number of hydrogen-bond acceptors (Lipinski definition) is 5. The molecule has 0 aliphatic carbocycles. The van der Waals surface area contributed by atoms with Crippen molar-refractivity contribution in [2.45, 2.75) is 17.0 Å². The predicted molar refractivity (Wildman–Crippen MR) is 79.6 cm³/mol. The van der Waals surface area contributed by atoms with Gasteiger partial charge in [-0.1, -0.05) is 12.1 Å². The molecule has 0 unspecified atom stereocenters. The van der Waals surface area contributed by atoms with E-state index in [0.29, 0.717) is 5.03 Å². The van der Waals surface area contributed by atoms with Crippen molar-refractivity contribution in [3.8, 4) is 0 Å². The largest absolute Gasteiger partial charge is 0.478 e. The summed E-state index contributed by atoms with van der Waals surface area (Å²) in [7, 11) is 0. The third-order valence-corrected chi connectivity index (χ3v) is 3.92. The summed E-state index contributed by atoms with van der Waals surface area (Å²) in [6.07, 6.45) is 1.34. The lowest BCUT2D eigenvalue weighted by Crippen LogP contribution is -1.97. The fourth-order valence-corrected chi connectivity index (χ4v) is 2.61. The number of fused-ring (bicyclic) bond motifs is 1. The molecule has 1 N–H and O–H groups in total. The number of pyridine rings is 1. The lowest BCUT2D eigenvalue weighted by molar-refractivity contribution is 0.0696. The molecule has 0 fully saturated rings. The molecular formula is C15H11N3O2S. The monoisotopic (exact) mass is 297 g/mol. The number of hydrogen-bond donors (Lipinski definition) is 1. The molecule has 3 rings (SSSR count). The van der Waals surface area contributed by atoms with Gasteiger partial charge in [-0.2, -0.15) is 0 Å². The topological polar surface area (TPSA) is 76.0 Å². The van der Waals surface area contributed by atoms with E-state index >= 15 is 0 Å². The number of carboxylic acid groups (broad SMARTS) is 1. The van der Waals surface area contributed by atoms with Crippen molar-refractivity contribution in [3.63, 3.8) is 0 Å². The maximum absolute atomic E-state index is 10.8. The van der Waals surface area contributed by atoms with Crippen LogP contribution in [0.25, 0.3) is 11.0 Å². The van der Waals surface area contributed by atoms with Gasteiger partial charge in [0.1, 0.15) is 10.1 Å². The molecule has 5 nitrogen and oxygen atoms in total. The van der Waals surface area contributed by atoms with Gasteiger partial charge in [0.25, 0.3) is 0 Å². The van der Waals surface area contributed by atoms with Crippen molar-refractivity contribution in [2.24, 2.45) is 0 Å². The van der Waals surface area contributed by atoms with Crippen LogP contribution in [0.2, 0.25) is 0 Å². The number of para-hydroxylation sites is 2. The average Bonchev–Trinajstić information content (AvgIpc) is 2.48. The smallest absolute Gasteiger partial charge is 0.337 e. The fourth-order valence-electron chi connectivity index (χ4n) is 1.83. The van der Waals surface area contributed by atoms with Crippen LogP contribution in [-0.2, 0) is 0 Å². The Hall–Kier alpha value is -2.47. The molecule has 21 heavy (non-hydrogen) atoms. The minimum atomic E-state index is -0.985. The molecule has 6 heteroatoms. The van der Waals surface area contributed by atoms with Crippen LogP contribution in [0.4, 0.5) is 0 Å². The summed E-state index contributed by atoms with van der Waals surface area (Å²) < 4.78 is 0. The number of carbonyl (C=O) groups is 1. The van der Waals surface area contributed by atoms with Gasteiger partial charge in [-0.15, -0.1) is 0 Å². The highest BCUT2D eigenvalue weighted by Gasteiger charge is 2.09. The highest BCUT2D eigenvalue weighted by Crippen LogP contribution is 2.27. The first-order valence-electron chi connectivity index (χ1n) is 6.24. The molecule has 0 amide bonds. The number of aromatic nitrogens is 3. The number of nitrogens with zero attached hydrogens (tertiary/aromatic N) is 3. The van der Waals surface area contributed by atoms with E-state index in [1.807, 2.05) is 31.2 Å². The summed E-state index contributed by atoms with van der Waals surface area (Å²) in [5.41, 5.74) is 2.67. The SMILES string of the molecule is Cc1nc2ccccc2nc1Sc1ccc(C(=O)O)cn1. The average molecular weight is 297 g/mol. The Kier molecular flexibility index (Phi) is 3.53. The minimum absolute atomic E-state index is 0.167. The molecule has 0 bridgehead atoms. The van der Waals surface area contributed by atoms with E-state index in [1.54, 1.807) is 6.07 Å². The summed E-state index contributed by atoms with van der Waals surface area (Å²) >= 11 is 1.37. The normalized spacial score (nSPS) is 10.7. The van der Waals surface area contributed by atoms with Crippen LogP contribution in [0, 0.1) is 6.92 Å². The molecule has 0 atom stereocenters. The van der Waals surface area contributed by atoms with Crippen LogP contribution in [-0.4, -0.2) is 26.0 Å². The number of aryl methyl sites for hydroxylation is 1. The summed E-state index contributed by atoms with van der Waals surface area (Å²) in [5, 5.41) is 10.3. The van der Waals surface area contributed by atoms with Crippen molar-refractivity contribution < 1.29 is 9.90 Å². The molecule has 2 aromatic heterocycles. The number of rotatable bonds is 3. The molecule has 104 valence electrons. The van der Waals surface area contributed by atoms with E-state index in [0.717, 1.165) is 21.8 Å². The Balaban J connectivity index is 1.93. The standard InChI is InChI=1S/C15H11N3O2S/c1-9-14(18-12-5-3-2-4-11(12)17-9)21-13-7-6-10(8-16-13)15(19)20/h2-8H,1H3,(H,19,20). The molecule has 1 aromatic carbocycles. The lowest BCUT2D eigenvalue weighted by atomic mass is 10.3. The Morgan fingerprint density at radius 3 is 2.43 bits per heavy atom. The molecule has 2 heterocycles. The predicted octanol–water partition coefficient (Wildman–Crippen LogP) is 3.18. The number of aromatic carboxylic acids is 1. The van der Waals surface area contributed by atoms with Gasteiger partial charge in [-0.3, -0.25) is 0 Å². The van der Waals surface area contributed by atoms with Crippen molar-refractivity contribution >= 4 is 28.8 Å². The van der Waals surface area contributed by atoms with E-state index < -0.39 is 5.97 Å². The van der Waals surface area contributed by atoms with Crippen molar-refractivity contribution in [1.29, 1.82) is 0 Å². The van der Waals surface area contributed by atoms with Crippen LogP contribution in [0.5, 0.6) is 0 Å². The Morgan fingerprint density at radius 1 is 1.10 bits per heavy atom. The number of carboxylic acids is 1. The Bertz CT molecular complexity index is 819. The zero-order valence-electron chi connectivity index (χ0n) is 11.1. The van der Waals surface area contributed by atoms with Gasteiger partial charge >= 0.3 is 5.97 Å². The number of benzene rings is 1. The van der Waals surface area contributed by atoms with Gasteiger partial charge in [0.05, 0.1) is 22.3 Å². The maximum atomic E-state index is 10.8. The van der Waals surface area contributed by atoms with Crippen molar-refractivity contribution in [3.05, 3.63) is 53.9 Å². The van der Waals surface area contributed by atoms with Gasteiger partial charge < -0.3 is 5.11 Å². The minimum Gasteiger partial charge on any atom is -0.478 e. The van der Waals surface area contributed by atoms with Crippen molar-refractivity contribution in [1.82, 2.24) is 15.0 Å². The van der Waals surface area contributed by atoms with Gasteiger partial charge in [-0.05, 0) is 43.0 Å². The van der Waals surface area contributed by atoms with Crippen LogP contribution in [0.1, 0.15) is 16.1 Å². The van der Waals surface area contributed by atoms with Crippen LogP contribution in [0.15, 0.2) is 52.6 Å². The molecule has 0 aliphatic heterocycles. The van der Waals surface area contributed by atoms with Crippen LogP contribution in [0.3, 0.4) is 0 Å². The van der Waals surface area contributed by atoms with Gasteiger partial charge in [0, 0.05) is 6.20 Å². The molecular weight excluding hydrogens is 286 g/mol. The molecule has 0 aliphatic rings. The van der Waals surface area contributed by atoms with E-state index in [4.69, 9.17) is 5.11 Å². The van der Waals surface area contributed by atoms with Gasteiger partial charge in [0.15, 0.2) is 0 Å². The Labute approximate surface area is 125 Å². The third kappa shape index (κ3) is 2.85. The molecule has 0 saturated carbocycles. The molecule has 3 aromatic rings. The van der Waals surface area contributed by atoms with E-state index in [-0.39, 0.29) is 5.56 Å². The summed E-state index contributed by atoms with van der Waals surface area (Å²) in [5.74, 6) is -0.985. The highest BCUT2D eigenvalue weighted by molar-refractivity contribution is 7.99. The first-order valence-corrected chi connectivity index (χ1v) is 7.06. The molecule has 0 saturated heterocycles. The first kappa shape index (κ1) is 13.5. The Morgan fingerprint density at radius 2 is 1.81 bits per heavy atom. The van der Waals surface area contributed by atoms with Crippen molar-refractivity contribution in [2.75, 3.05) is 0 Å². The van der Waals surface area contributed by atoms with Crippen LogP contribution < -0.4 is 0 Å². The third-order valence-electron chi connectivity index (χ3n) is 2.89. The zero-order valence-corrected chi connectivity index (χ0v) is 12.0. The summed E-state index contributed by atoms with van der Waals surface area (Å²) in [6, 6.07) is 10.9. The van der Waals surface area contributed by atoms with Crippen LogP contribution >= 0.6 is 11.8 Å². The summed E-state index contributed by atoms with van der Waals surface area (Å²) in [4.78, 5) is 24.0. The molecule has 0 radical (unpaired) electrons. The fraction of sp³-hybridized carbons (Fsp3) is 0.0667. The quantitative estimate of drug-likeness (QED) is 0.800. The molecule has 0 spiro atoms. The second kappa shape index (κ2) is 5.49. The van der Waals surface area contributed by atoms with Gasteiger partial charge in [0.2, 0.25) is 0 Å². The zero-order chi connectivity index (χ0) is 14.8. The van der Waals surface area contributed by atoms with E-state index in [2.05, 4.69) is 15.0 Å². The lowest BCUT2D eigenvalue weighted by Gasteiger charge is -2.05. The maximum Gasteiger partial charge on any atom is 0.337 e. The second-order valence-corrected chi connectivity index (χ2v) is 5.40. The highest BCUT2D eigenvalue weighted by atomic mass is 32.2. The van der Waals surface area contributed by atoms with E-state index in [1.165, 1.54) is 24.0 Å². The van der Waals surface area contributed by atoms with E-state index in [9.17, 15) is 4.79 Å². The summed E-state index contributed by atoms with van der Waals surface area (Å²) in [6.45, 7) is 1.90. The first-order chi connectivity index (χ1) is 10.1. The van der Waals surface area contributed by atoms with Gasteiger partial charge in [-0.25, -0.2) is 19.7 Å².